The lowest BCUT2D eigenvalue weighted by Gasteiger charge is -2.34. The lowest BCUT2D eigenvalue weighted by Crippen LogP contribution is -2.62. The molecular formula is C28H36N4O7. The molecule has 210 valence electrons. The van der Waals surface area contributed by atoms with Crippen LogP contribution < -0.4 is 16.0 Å². The van der Waals surface area contributed by atoms with E-state index in [1.807, 2.05) is 6.92 Å². The van der Waals surface area contributed by atoms with E-state index in [1.165, 1.54) is 26.0 Å². The maximum atomic E-state index is 13.6. The molecule has 7 unspecified atom stereocenters. The number of hydrogen-bond acceptors (Lipinski definition) is 8. The average molecular weight is 541 g/mol. The summed E-state index contributed by atoms with van der Waals surface area (Å²) in [6, 6.07) is 6.12. The normalized spacial score (nSPS) is 27.2. The first kappa shape index (κ1) is 29.6. The summed E-state index contributed by atoms with van der Waals surface area (Å²) >= 11 is 0. The third-order valence-electron chi connectivity index (χ3n) is 7.05. The summed E-state index contributed by atoms with van der Waals surface area (Å²) in [5.74, 6) is -4.55. The van der Waals surface area contributed by atoms with Gasteiger partial charge in [-0.25, -0.2) is 0 Å². The molecule has 0 bridgehead atoms. The fourth-order valence-electron chi connectivity index (χ4n) is 4.36. The minimum atomic E-state index is -1.38. The van der Waals surface area contributed by atoms with E-state index < -0.39 is 59.9 Å². The van der Waals surface area contributed by atoms with E-state index in [1.54, 1.807) is 43.6 Å². The van der Waals surface area contributed by atoms with Crippen LogP contribution in [0.3, 0.4) is 0 Å². The van der Waals surface area contributed by atoms with E-state index in [4.69, 9.17) is 4.74 Å². The summed E-state index contributed by atoms with van der Waals surface area (Å²) < 4.78 is 5.59. The summed E-state index contributed by atoms with van der Waals surface area (Å²) in [4.78, 5) is 56.9. The first-order valence-electron chi connectivity index (χ1n) is 13.0. The zero-order valence-corrected chi connectivity index (χ0v) is 22.5. The molecular weight excluding hydrogens is 504 g/mol. The first-order valence-corrected chi connectivity index (χ1v) is 13.0. The van der Waals surface area contributed by atoms with Crippen LogP contribution in [0.2, 0.25) is 0 Å². The Bertz CT molecular complexity index is 1180. The fraction of sp³-hybridized carbons (Fsp3) is 0.464. The second-order valence-corrected chi connectivity index (χ2v) is 9.97. The van der Waals surface area contributed by atoms with Crippen molar-refractivity contribution in [2.75, 3.05) is 0 Å². The Hall–Kier alpha value is -3.99. The van der Waals surface area contributed by atoms with Crippen molar-refractivity contribution in [3.05, 3.63) is 59.9 Å². The van der Waals surface area contributed by atoms with Crippen molar-refractivity contribution >= 4 is 23.7 Å². The number of benzene rings is 1. The molecule has 0 radical (unpaired) electrons. The Labute approximate surface area is 227 Å². The quantitative estimate of drug-likeness (QED) is 0.340. The monoisotopic (exact) mass is 540 g/mol. The van der Waals surface area contributed by atoms with Crippen molar-refractivity contribution in [1.82, 2.24) is 20.9 Å². The van der Waals surface area contributed by atoms with E-state index in [-0.39, 0.29) is 23.7 Å². The molecule has 1 aliphatic rings. The van der Waals surface area contributed by atoms with Crippen molar-refractivity contribution in [3.8, 4) is 5.75 Å². The maximum Gasteiger partial charge on any atom is 0.312 e. The molecule has 2 heterocycles. The zero-order chi connectivity index (χ0) is 28.7. The minimum Gasteiger partial charge on any atom is -0.507 e. The first-order chi connectivity index (χ1) is 18.5. The SMILES string of the molecule is CCC(C)C1OC(=O)C(C)C(O)C(Cc2cccnc2)NC(=O)C(NC(=O)c2ccccc2O)C(C)NC1=O. The zero-order valence-electron chi connectivity index (χ0n) is 22.5. The fourth-order valence-corrected chi connectivity index (χ4v) is 4.36. The molecule has 1 fully saturated rings. The molecule has 39 heavy (non-hydrogen) atoms. The number of para-hydroxylation sites is 1. The Morgan fingerprint density at radius 3 is 2.46 bits per heavy atom. The molecule has 2 aromatic rings. The van der Waals surface area contributed by atoms with Crippen LogP contribution in [0.5, 0.6) is 5.75 Å². The van der Waals surface area contributed by atoms with Crippen LogP contribution in [0.4, 0.5) is 0 Å². The van der Waals surface area contributed by atoms with Crippen molar-refractivity contribution in [2.24, 2.45) is 11.8 Å². The number of phenolic OH excluding ortho intramolecular Hbond substituents is 1. The lowest BCUT2D eigenvalue weighted by atomic mass is 9.92. The van der Waals surface area contributed by atoms with Gasteiger partial charge < -0.3 is 30.9 Å². The van der Waals surface area contributed by atoms with E-state index in [0.717, 1.165) is 0 Å². The molecule has 0 spiro atoms. The Balaban J connectivity index is 2.00. The maximum absolute atomic E-state index is 13.6. The van der Waals surface area contributed by atoms with Gasteiger partial charge in [-0.15, -0.1) is 0 Å². The predicted octanol–water partition coefficient (Wildman–Crippen LogP) is 1.09. The molecule has 5 N–H and O–H groups in total. The van der Waals surface area contributed by atoms with Gasteiger partial charge >= 0.3 is 5.97 Å². The second-order valence-electron chi connectivity index (χ2n) is 9.97. The van der Waals surface area contributed by atoms with E-state index >= 15 is 0 Å². The van der Waals surface area contributed by atoms with Gasteiger partial charge in [0.05, 0.1) is 29.7 Å². The number of hydrogen-bond donors (Lipinski definition) is 5. The molecule has 1 aromatic heterocycles. The van der Waals surface area contributed by atoms with Crippen LogP contribution >= 0.6 is 0 Å². The Morgan fingerprint density at radius 2 is 1.82 bits per heavy atom. The van der Waals surface area contributed by atoms with Crippen molar-refractivity contribution in [2.45, 2.75) is 70.9 Å². The number of amides is 3. The topological polar surface area (TPSA) is 167 Å². The predicted molar refractivity (Wildman–Crippen MR) is 141 cm³/mol. The highest BCUT2D eigenvalue weighted by atomic mass is 16.5. The molecule has 0 saturated carbocycles. The minimum absolute atomic E-state index is 0.0538. The van der Waals surface area contributed by atoms with E-state index in [9.17, 15) is 29.4 Å². The van der Waals surface area contributed by atoms with Gasteiger partial charge in [0.1, 0.15) is 11.8 Å². The van der Waals surface area contributed by atoms with Gasteiger partial charge in [0.2, 0.25) is 5.91 Å². The van der Waals surface area contributed by atoms with Gasteiger partial charge in [0.25, 0.3) is 11.8 Å². The van der Waals surface area contributed by atoms with Crippen molar-refractivity contribution in [3.63, 3.8) is 0 Å². The van der Waals surface area contributed by atoms with Crippen LogP contribution in [0.1, 0.15) is 50.0 Å². The largest absolute Gasteiger partial charge is 0.507 e. The van der Waals surface area contributed by atoms with Gasteiger partial charge in [0, 0.05) is 18.3 Å². The highest BCUT2D eigenvalue weighted by Crippen LogP contribution is 2.20. The molecule has 3 rings (SSSR count). The summed E-state index contributed by atoms with van der Waals surface area (Å²) in [6.45, 7) is 6.59. The van der Waals surface area contributed by atoms with Crippen LogP contribution in [0.15, 0.2) is 48.8 Å². The number of carbonyl (C=O) groups is 4. The Morgan fingerprint density at radius 1 is 1.10 bits per heavy atom. The number of rotatable bonds is 6. The lowest BCUT2D eigenvalue weighted by molar-refractivity contribution is -0.167. The number of aliphatic hydroxyl groups excluding tert-OH is 1. The van der Waals surface area contributed by atoms with Crippen LogP contribution in [-0.4, -0.2) is 69.2 Å². The average Bonchev–Trinajstić information content (AvgIpc) is 2.92. The van der Waals surface area contributed by atoms with Crippen LogP contribution in [0, 0.1) is 11.8 Å². The van der Waals surface area contributed by atoms with Crippen molar-refractivity contribution < 1.29 is 34.1 Å². The molecule has 0 aliphatic carbocycles. The molecule has 7 atom stereocenters. The number of esters is 1. The molecule has 11 nitrogen and oxygen atoms in total. The van der Waals surface area contributed by atoms with Gasteiger partial charge in [-0.2, -0.15) is 0 Å². The highest BCUT2D eigenvalue weighted by molar-refractivity contribution is 6.00. The molecule has 3 amide bonds. The third-order valence-corrected chi connectivity index (χ3v) is 7.05. The smallest absolute Gasteiger partial charge is 0.312 e. The molecule has 1 aromatic carbocycles. The van der Waals surface area contributed by atoms with Gasteiger partial charge in [-0.1, -0.05) is 32.0 Å². The molecule has 11 heteroatoms. The number of aromatic hydroxyl groups is 1. The Kier molecular flexibility index (Phi) is 10.00. The van der Waals surface area contributed by atoms with Gasteiger partial charge in [0.15, 0.2) is 6.10 Å². The second kappa shape index (κ2) is 13.2. The summed E-state index contributed by atoms with van der Waals surface area (Å²) in [5, 5.41) is 29.4. The van der Waals surface area contributed by atoms with Gasteiger partial charge in [-0.3, -0.25) is 24.2 Å². The van der Waals surface area contributed by atoms with Crippen LogP contribution in [-0.2, 0) is 25.5 Å². The number of nitrogens with one attached hydrogen (secondary N) is 3. The number of pyridine rings is 1. The number of aromatic nitrogens is 1. The van der Waals surface area contributed by atoms with Gasteiger partial charge in [-0.05, 0) is 50.5 Å². The third kappa shape index (κ3) is 7.32. The molecule has 1 saturated heterocycles. The summed E-state index contributed by atoms with van der Waals surface area (Å²) in [5.41, 5.74) is 0.644. The summed E-state index contributed by atoms with van der Waals surface area (Å²) in [6.07, 6.45) is 1.27. The number of phenols is 1. The molecule has 1 aliphatic heterocycles. The highest BCUT2D eigenvalue weighted by Gasteiger charge is 2.40. The van der Waals surface area contributed by atoms with Crippen LogP contribution in [0.25, 0.3) is 0 Å². The number of ether oxygens (including phenoxy) is 1. The number of cyclic esters (lactones) is 1. The van der Waals surface area contributed by atoms with Crippen molar-refractivity contribution in [1.29, 1.82) is 0 Å². The summed E-state index contributed by atoms with van der Waals surface area (Å²) in [7, 11) is 0. The number of carbonyl (C=O) groups excluding carboxylic acids is 4. The van der Waals surface area contributed by atoms with E-state index in [0.29, 0.717) is 12.0 Å². The number of nitrogens with zero attached hydrogens (tertiary/aromatic N) is 1. The van der Waals surface area contributed by atoms with E-state index in [2.05, 4.69) is 20.9 Å². The standard InChI is InChI=1S/C28H36N4O7/c1-5-15(2)24-27(37)30-17(4)22(32-25(35)19-10-6-7-11-21(19)33)26(36)31-20(13-18-9-8-12-29-14-18)23(34)16(3)28(38)39-24/h6-12,14-17,20,22-24,33-34H,5,13H2,1-4H3,(H,30,37)(H,31,36)(H,32,35). The number of aliphatic hydroxyl groups is 1.